The van der Waals surface area contributed by atoms with Gasteiger partial charge in [-0.05, 0) is 100 Å². The Labute approximate surface area is 297 Å². The van der Waals surface area contributed by atoms with Crippen LogP contribution >= 0.6 is 0 Å². The van der Waals surface area contributed by atoms with E-state index in [1.165, 1.54) is 21.3 Å². The topological polar surface area (TPSA) is 151 Å². The number of cyclic esters (lactones) is 1. The molecule has 2 fully saturated rings. The zero-order valence-corrected chi connectivity index (χ0v) is 30.1. The Kier molecular flexibility index (Phi) is 8.65. The molecule has 0 aromatic heterocycles. The summed E-state index contributed by atoms with van der Waals surface area (Å²) in [5, 5.41) is 17.2. The number of amides is 1. The van der Waals surface area contributed by atoms with Crippen molar-refractivity contribution in [3.05, 3.63) is 52.6 Å². The zero-order chi connectivity index (χ0) is 36.5. The largest absolute Gasteiger partial charge is 0.493 e. The standard InChI is InChI=1S/C38H45N2O11/c1-36(2)17-24(37(3,4)40(36)44)33(41)51-38(11-9-8-10-12-38)35(43)39-31-22-16-26-25(49-19-50-26)15-21(22)29(30-23(31)18-48-34(30)42)20-13-27(45-5)32(47-7)28(14-20)46-6/h13-17,23,29-31H,8-12,18-19H2,1-7H3,(H,39,43)/t23-,29+,30-,31+/m0/s1. The molecule has 5 aliphatic rings. The number of hydrogen-bond acceptors (Lipinski definition) is 11. The molecule has 13 nitrogen and oxygen atoms in total. The van der Waals surface area contributed by atoms with Crippen LogP contribution in [0.3, 0.4) is 0 Å². The summed E-state index contributed by atoms with van der Waals surface area (Å²) in [6.45, 7) is 6.93. The number of hydroxylamine groups is 2. The minimum Gasteiger partial charge on any atom is -0.493 e. The molecule has 3 aliphatic heterocycles. The average Bonchev–Trinajstić information content (AvgIpc) is 3.78. The van der Waals surface area contributed by atoms with Crippen LogP contribution in [0, 0.1) is 11.8 Å². The number of ether oxygens (including phenoxy) is 7. The number of nitrogens with zero attached hydrogens (tertiary/aromatic N) is 1. The Morgan fingerprint density at radius 3 is 2.06 bits per heavy atom. The van der Waals surface area contributed by atoms with Crippen LogP contribution in [0.1, 0.15) is 88.4 Å². The van der Waals surface area contributed by atoms with Crippen LogP contribution in [0.15, 0.2) is 35.9 Å². The minimum atomic E-state index is -1.48. The lowest BCUT2D eigenvalue weighted by molar-refractivity contribution is -0.239. The first-order valence-corrected chi connectivity index (χ1v) is 17.4. The number of esters is 2. The number of hydrogen-bond donors (Lipinski definition) is 1. The van der Waals surface area contributed by atoms with E-state index < -0.39 is 58.3 Å². The van der Waals surface area contributed by atoms with E-state index >= 15 is 0 Å². The van der Waals surface area contributed by atoms with Crippen molar-refractivity contribution in [1.29, 1.82) is 0 Å². The predicted octanol–water partition coefficient (Wildman–Crippen LogP) is 4.92. The maximum atomic E-state index is 14.7. The van der Waals surface area contributed by atoms with Gasteiger partial charge in [0.05, 0.1) is 56.5 Å². The molecule has 0 unspecified atom stereocenters. The molecule has 0 bridgehead atoms. The second kappa shape index (κ2) is 12.6. The summed E-state index contributed by atoms with van der Waals surface area (Å²) in [6.07, 6.45) is 4.52. The third kappa shape index (κ3) is 5.56. The fourth-order valence-corrected chi connectivity index (χ4v) is 8.76. The molecular weight excluding hydrogens is 660 g/mol. The van der Waals surface area contributed by atoms with Crippen molar-refractivity contribution in [3.8, 4) is 28.7 Å². The van der Waals surface area contributed by atoms with E-state index in [2.05, 4.69) is 5.32 Å². The summed E-state index contributed by atoms with van der Waals surface area (Å²) in [6, 6.07) is 6.65. The van der Waals surface area contributed by atoms with E-state index in [1.807, 2.05) is 24.3 Å². The van der Waals surface area contributed by atoms with Gasteiger partial charge < -0.3 is 38.5 Å². The van der Waals surface area contributed by atoms with Gasteiger partial charge in [-0.2, -0.15) is 0 Å². The zero-order valence-electron chi connectivity index (χ0n) is 30.1. The summed E-state index contributed by atoms with van der Waals surface area (Å²) in [7, 11) is 4.58. The molecule has 4 atom stereocenters. The lowest BCUT2D eigenvalue weighted by Gasteiger charge is -2.42. The van der Waals surface area contributed by atoms with Gasteiger partial charge in [-0.15, -0.1) is 10.3 Å². The van der Waals surface area contributed by atoms with Gasteiger partial charge in [-0.25, -0.2) is 4.79 Å². The van der Waals surface area contributed by atoms with Crippen LogP contribution in [0.4, 0.5) is 0 Å². The highest BCUT2D eigenvalue weighted by Gasteiger charge is 2.56. The number of fused-ring (bicyclic) bond motifs is 3. The maximum absolute atomic E-state index is 14.7. The molecule has 51 heavy (non-hydrogen) atoms. The van der Waals surface area contributed by atoms with E-state index in [0.29, 0.717) is 54.4 Å². The second-order valence-electron chi connectivity index (χ2n) is 15.1. The van der Waals surface area contributed by atoms with Gasteiger partial charge >= 0.3 is 11.9 Å². The van der Waals surface area contributed by atoms with E-state index in [0.717, 1.165) is 28.2 Å². The van der Waals surface area contributed by atoms with Crippen LogP contribution in [0.5, 0.6) is 28.7 Å². The van der Waals surface area contributed by atoms with Crippen LogP contribution in [0.2, 0.25) is 0 Å². The Morgan fingerprint density at radius 1 is 0.863 bits per heavy atom. The Balaban J connectivity index is 1.30. The molecule has 3 heterocycles. The number of rotatable bonds is 8. The lowest BCUT2D eigenvalue weighted by Crippen LogP contribution is -2.55. The molecule has 2 aromatic rings. The number of carbonyl (C=O) groups excluding carboxylic acids is 3. The molecule has 273 valence electrons. The lowest BCUT2D eigenvalue weighted by atomic mass is 9.65. The molecule has 2 aliphatic carbocycles. The van der Waals surface area contributed by atoms with Crippen LogP contribution in [0.25, 0.3) is 0 Å². The van der Waals surface area contributed by atoms with Crippen molar-refractivity contribution >= 4 is 17.8 Å². The van der Waals surface area contributed by atoms with E-state index in [9.17, 15) is 19.6 Å². The molecule has 7 rings (SSSR count). The fraction of sp³-hybridized carbons (Fsp3) is 0.553. The Hall–Kier alpha value is -4.49. The van der Waals surface area contributed by atoms with Crippen LogP contribution in [-0.2, 0) is 29.1 Å². The monoisotopic (exact) mass is 705 g/mol. The van der Waals surface area contributed by atoms with Crippen LogP contribution in [-0.4, -0.2) is 74.3 Å². The van der Waals surface area contributed by atoms with E-state index in [1.54, 1.807) is 33.8 Å². The van der Waals surface area contributed by atoms with Crippen molar-refractivity contribution in [3.63, 3.8) is 0 Å². The van der Waals surface area contributed by atoms with Gasteiger partial charge in [0.1, 0.15) is 0 Å². The molecule has 2 aromatic carbocycles. The second-order valence-corrected chi connectivity index (χ2v) is 15.1. The Bertz CT molecular complexity index is 1770. The first kappa shape index (κ1) is 34.9. The maximum Gasteiger partial charge on any atom is 0.336 e. The van der Waals surface area contributed by atoms with Crippen molar-refractivity contribution in [2.75, 3.05) is 34.7 Å². The average molecular weight is 706 g/mol. The van der Waals surface area contributed by atoms with E-state index in [-0.39, 0.29) is 19.0 Å². The molecule has 1 amide bonds. The minimum absolute atomic E-state index is 0.0296. The van der Waals surface area contributed by atoms with Crippen molar-refractivity contribution < 1.29 is 52.7 Å². The smallest absolute Gasteiger partial charge is 0.336 e. The van der Waals surface area contributed by atoms with Crippen LogP contribution < -0.4 is 29.0 Å². The number of benzene rings is 2. The summed E-state index contributed by atoms with van der Waals surface area (Å²) in [4.78, 5) is 42.3. The quantitative estimate of drug-likeness (QED) is 0.373. The molecule has 13 heteroatoms. The predicted molar refractivity (Wildman–Crippen MR) is 180 cm³/mol. The van der Waals surface area contributed by atoms with Crippen molar-refractivity contribution in [2.24, 2.45) is 11.8 Å². The highest BCUT2D eigenvalue weighted by atomic mass is 16.7. The number of nitrogens with one attached hydrogen (secondary N) is 1. The SMILES string of the molecule is COc1cc([C@@H]2c3cc4c(cc3[C@@H](NC(=O)C3(OC(=O)C5=CC(C)(C)N([O])C5(C)C)CCCCC3)[C@H]3COC(=O)[C@H]23)OCO4)cc(OC)c1OC. The molecule has 1 radical (unpaired) electrons. The molecule has 0 spiro atoms. The first-order valence-electron chi connectivity index (χ1n) is 17.4. The molecule has 1 saturated carbocycles. The van der Waals surface area contributed by atoms with Crippen molar-refractivity contribution in [2.45, 2.75) is 88.4 Å². The highest BCUT2D eigenvalue weighted by molar-refractivity contribution is 5.96. The Morgan fingerprint density at radius 2 is 1.49 bits per heavy atom. The van der Waals surface area contributed by atoms with Gasteiger partial charge in [0.15, 0.2) is 28.6 Å². The summed E-state index contributed by atoms with van der Waals surface area (Å²) in [5.41, 5.74) is -1.13. The summed E-state index contributed by atoms with van der Waals surface area (Å²) < 4.78 is 40.5. The van der Waals surface area contributed by atoms with Crippen molar-refractivity contribution in [1.82, 2.24) is 10.4 Å². The van der Waals surface area contributed by atoms with Gasteiger partial charge in [0.2, 0.25) is 12.5 Å². The molecule has 1 saturated heterocycles. The summed E-state index contributed by atoms with van der Waals surface area (Å²) in [5.74, 6) is -0.966. The normalized spacial score (nSPS) is 26.7. The van der Waals surface area contributed by atoms with Gasteiger partial charge in [0.25, 0.3) is 5.91 Å². The van der Waals surface area contributed by atoms with Gasteiger partial charge in [0, 0.05) is 11.8 Å². The number of carbonyl (C=O) groups is 3. The van der Waals surface area contributed by atoms with Gasteiger partial charge in [-0.3, -0.25) is 9.59 Å². The third-order valence-corrected chi connectivity index (χ3v) is 11.3. The number of methoxy groups -OCH3 is 3. The summed E-state index contributed by atoms with van der Waals surface area (Å²) >= 11 is 0. The first-order chi connectivity index (χ1) is 24.3. The fourth-order valence-electron chi connectivity index (χ4n) is 8.76. The van der Waals surface area contributed by atoms with E-state index in [4.69, 9.17) is 33.2 Å². The van der Waals surface area contributed by atoms with Gasteiger partial charge in [-0.1, -0.05) is 6.42 Å². The molecular formula is C38H45N2O11. The third-order valence-electron chi connectivity index (χ3n) is 11.3. The highest BCUT2D eigenvalue weighted by Crippen LogP contribution is 2.56. The molecule has 1 N–H and O–H groups in total.